The lowest BCUT2D eigenvalue weighted by Gasteiger charge is -2.12. The van der Waals surface area contributed by atoms with Gasteiger partial charge in [0.25, 0.3) is 11.6 Å². The topological polar surface area (TPSA) is 94.6 Å². The Hall–Kier alpha value is -2.59. The highest BCUT2D eigenvalue weighted by atomic mass is 35.5. The average Bonchev–Trinajstić information content (AvgIpc) is 3.37. The number of amides is 1. The van der Waals surface area contributed by atoms with Crippen LogP contribution in [0, 0.1) is 17.0 Å². The number of carbonyl (C=O) groups is 1. The predicted octanol–water partition coefficient (Wildman–Crippen LogP) is 9.75. The Morgan fingerprint density at radius 2 is 1.55 bits per heavy atom. The summed E-state index contributed by atoms with van der Waals surface area (Å²) in [4.78, 5) is 25.2. The molecule has 38 heavy (non-hydrogen) atoms. The number of nitro groups is 1. The fraction of sp³-hybridized carbons (Fsp3) is 0.0800. The molecule has 0 fully saturated rings. The minimum atomic E-state index is -0.614. The number of hydrogen-bond acceptors (Lipinski definition) is 6. The van der Waals surface area contributed by atoms with E-state index >= 15 is 0 Å². The van der Waals surface area contributed by atoms with Crippen molar-refractivity contribution in [2.45, 2.75) is 23.3 Å². The zero-order chi connectivity index (χ0) is 27.6. The largest absolute Gasteiger partial charge is 0.482 e. The van der Waals surface area contributed by atoms with Crippen LogP contribution in [0.1, 0.15) is 21.9 Å². The van der Waals surface area contributed by atoms with Crippen molar-refractivity contribution in [1.29, 1.82) is 0 Å². The third-order valence-corrected chi connectivity index (χ3v) is 8.25. The van der Waals surface area contributed by atoms with Gasteiger partial charge in [0.05, 0.1) is 20.0 Å². The first-order valence-electron chi connectivity index (χ1n) is 10.6. The smallest absolute Gasteiger partial charge is 0.291 e. The first-order chi connectivity index (χ1) is 18.0. The van der Waals surface area contributed by atoms with E-state index in [9.17, 15) is 14.9 Å². The van der Waals surface area contributed by atoms with E-state index in [1.54, 1.807) is 6.07 Å². The van der Waals surface area contributed by atoms with Gasteiger partial charge in [-0.25, -0.2) is 0 Å². The van der Waals surface area contributed by atoms with Crippen molar-refractivity contribution in [3.63, 3.8) is 0 Å². The molecule has 3 aromatic carbocycles. The van der Waals surface area contributed by atoms with Crippen LogP contribution in [-0.2, 0) is 6.61 Å². The van der Waals surface area contributed by atoms with Crippen molar-refractivity contribution in [1.82, 2.24) is 0 Å². The van der Waals surface area contributed by atoms with E-state index in [0.717, 1.165) is 10.5 Å². The van der Waals surface area contributed by atoms with Gasteiger partial charge >= 0.3 is 0 Å². The second kappa shape index (κ2) is 12.1. The second-order valence-corrected chi connectivity index (χ2v) is 10.8. The summed E-state index contributed by atoms with van der Waals surface area (Å²) in [6.07, 6.45) is 0. The van der Waals surface area contributed by atoms with Crippen LogP contribution in [0.5, 0.6) is 5.75 Å². The monoisotopic (exact) mass is 630 g/mol. The number of anilines is 1. The minimum absolute atomic E-state index is 0.00494. The van der Waals surface area contributed by atoms with Crippen LogP contribution in [0.3, 0.4) is 0 Å². The van der Waals surface area contributed by atoms with Crippen molar-refractivity contribution in [3.8, 4) is 5.75 Å². The first kappa shape index (κ1) is 28.4. The average molecular weight is 633 g/mol. The Morgan fingerprint density at radius 3 is 2.18 bits per heavy atom. The molecule has 0 saturated heterocycles. The Morgan fingerprint density at radius 1 is 0.921 bits per heavy atom. The van der Waals surface area contributed by atoms with E-state index in [-0.39, 0.29) is 60.4 Å². The van der Waals surface area contributed by atoms with E-state index in [0.29, 0.717) is 4.90 Å². The molecule has 196 valence electrons. The molecular formula is C25H15Cl5N2O5S. The van der Waals surface area contributed by atoms with Crippen molar-refractivity contribution in [2.75, 3.05) is 5.32 Å². The number of rotatable bonds is 8. The number of ether oxygens (including phenoxy) is 1. The Balaban J connectivity index is 1.48. The van der Waals surface area contributed by atoms with Gasteiger partial charge in [0.1, 0.15) is 22.4 Å². The van der Waals surface area contributed by atoms with Crippen LogP contribution < -0.4 is 10.1 Å². The van der Waals surface area contributed by atoms with Crippen LogP contribution in [0.15, 0.2) is 68.8 Å². The van der Waals surface area contributed by atoms with Gasteiger partial charge in [-0.15, -0.1) is 0 Å². The lowest BCUT2D eigenvalue weighted by molar-refractivity contribution is -0.385. The summed E-state index contributed by atoms with van der Waals surface area (Å²) in [7, 11) is 0. The number of aryl methyl sites for hydroxylation is 1. The number of benzene rings is 3. The molecule has 0 saturated carbocycles. The van der Waals surface area contributed by atoms with Gasteiger partial charge in [0.15, 0.2) is 11.5 Å². The van der Waals surface area contributed by atoms with Gasteiger partial charge in [-0.3, -0.25) is 14.9 Å². The van der Waals surface area contributed by atoms with E-state index in [2.05, 4.69) is 5.32 Å². The molecule has 0 spiro atoms. The number of furan rings is 1. The minimum Gasteiger partial charge on any atom is -0.482 e. The number of non-ortho nitro benzene ring substituents is 1. The molecular weight excluding hydrogens is 618 g/mol. The highest BCUT2D eigenvalue weighted by Gasteiger charge is 2.21. The Kier molecular flexibility index (Phi) is 9.03. The molecule has 1 N–H and O–H groups in total. The number of nitrogens with one attached hydrogen (secondary N) is 1. The number of hydrogen-bond donors (Lipinski definition) is 1. The summed E-state index contributed by atoms with van der Waals surface area (Å²) in [5, 5.41) is 14.0. The SMILES string of the molecule is Cc1ccc(Sc2cc(NC(=O)c3ccc(COc4c(Cl)c(Cl)c(Cl)c(Cl)c4Cl)o3)cc([N+](=O)[O-])c2)cc1. The molecule has 4 aromatic rings. The lowest BCUT2D eigenvalue weighted by atomic mass is 10.2. The molecule has 1 amide bonds. The molecule has 0 aliphatic rings. The molecule has 1 heterocycles. The van der Waals surface area contributed by atoms with Gasteiger partial charge in [-0.05, 0) is 37.3 Å². The normalized spacial score (nSPS) is 10.9. The van der Waals surface area contributed by atoms with E-state index in [4.69, 9.17) is 67.2 Å². The van der Waals surface area contributed by atoms with E-state index in [1.165, 1.54) is 36.0 Å². The molecule has 4 rings (SSSR count). The maximum absolute atomic E-state index is 12.8. The Labute approximate surface area is 246 Å². The second-order valence-electron chi connectivity index (χ2n) is 7.80. The summed E-state index contributed by atoms with van der Waals surface area (Å²) >= 11 is 31.7. The molecule has 0 aliphatic carbocycles. The zero-order valence-corrected chi connectivity index (χ0v) is 23.8. The fourth-order valence-electron chi connectivity index (χ4n) is 3.19. The number of halogens is 5. The maximum atomic E-state index is 12.8. The van der Waals surface area contributed by atoms with Crippen molar-refractivity contribution < 1.29 is 18.9 Å². The van der Waals surface area contributed by atoms with Crippen LogP contribution in [0.25, 0.3) is 0 Å². The molecule has 0 unspecified atom stereocenters. The summed E-state index contributed by atoms with van der Waals surface area (Å²) in [6.45, 7) is 1.81. The third kappa shape index (κ3) is 6.51. The summed E-state index contributed by atoms with van der Waals surface area (Å²) in [6, 6.07) is 15.0. The van der Waals surface area contributed by atoms with Gasteiger partial charge in [0, 0.05) is 27.6 Å². The molecule has 0 radical (unpaired) electrons. The molecule has 0 bridgehead atoms. The summed E-state index contributed by atoms with van der Waals surface area (Å²) < 4.78 is 11.2. The zero-order valence-electron chi connectivity index (χ0n) is 19.2. The molecule has 0 atom stereocenters. The highest BCUT2D eigenvalue weighted by Crippen LogP contribution is 2.48. The molecule has 1 aromatic heterocycles. The van der Waals surface area contributed by atoms with Crippen molar-refractivity contribution >= 4 is 87.0 Å². The van der Waals surface area contributed by atoms with Gasteiger partial charge in [0.2, 0.25) is 0 Å². The maximum Gasteiger partial charge on any atom is 0.291 e. The highest BCUT2D eigenvalue weighted by molar-refractivity contribution is 7.99. The number of nitrogens with zero attached hydrogens (tertiary/aromatic N) is 1. The molecule has 0 aliphatic heterocycles. The summed E-state index contributed by atoms with van der Waals surface area (Å²) in [5.74, 6) is -0.395. The number of carbonyl (C=O) groups excluding carboxylic acids is 1. The van der Waals surface area contributed by atoms with Crippen LogP contribution in [0.4, 0.5) is 11.4 Å². The standard InChI is InChI=1S/C25H15Cl5N2O5S/c1-12-2-5-16(6-3-12)38-17-9-13(8-14(10-17)32(34)35)31-25(33)18-7-4-15(37-18)11-36-24-22(29)20(27)19(26)21(28)23(24)30/h2-10H,11H2,1H3,(H,31,33). The van der Waals surface area contributed by atoms with Crippen LogP contribution >= 0.6 is 69.8 Å². The van der Waals surface area contributed by atoms with Crippen LogP contribution in [-0.4, -0.2) is 10.8 Å². The predicted molar refractivity (Wildman–Crippen MR) is 151 cm³/mol. The first-order valence-corrected chi connectivity index (χ1v) is 13.3. The fourth-order valence-corrected chi connectivity index (χ4v) is 5.33. The number of nitro benzene ring substituents is 1. The van der Waals surface area contributed by atoms with E-state index in [1.807, 2.05) is 31.2 Å². The molecule has 13 heteroatoms. The third-order valence-electron chi connectivity index (χ3n) is 5.03. The summed E-state index contributed by atoms with van der Waals surface area (Å²) in [5.41, 5.74) is 1.16. The van der Waals surface area contributed by atoms with Crippen molar-refractivity contribution in [3.05, 3.63) is 107 Å². The van der Waals surface area contributed by atoms with Gasteiger partial charge in [-0.1, -0.05) is 87.5 Å². The van der Waals surface area contributed by atoms with Gasteiger partial charge < -0.3 is 14.5 Å². The quantitative estimate of drug-likeness (QED) is 0.0899. The van der Waals surface area contributed by atoms with Gasteiger partial charge in [-0.2, -0.15) is 0 Å². The van der Waals surface area contributed by atoms with Crippen LogP contribution in [0.2, 0.25) is 25.1 Å². The lowest BCUT2D eigenvalue weighted by Crippen LogP contribution is -2.11. The van der Waals surface area contributed by atoms with E-state index < -0.39 is 10.8 Å². The Bertz CT molecular complexity index is 1510. The molecule has 7 nitrogen and oxygen atoms in total. The van der Waals surface area contributed by atoms with Crippen molar-refractivity contribution in [2.24, 2.45) is 0 Å².